The van der Waals surface area contributed by atoms with E-state index in [1.807, 2.05) is 25.1 Å². The summed E-state index contributed by atoms with van der Waals surface area (Å²) in [6.07, 6.45) is 1.60. The van der Waals surface area contributed by atoms with Crippen molar-refractivity contribution in [2.45, 2.75) is 6.92 Å². The highest BCUT2D eigenvalue weighted by Gasteiger charge is 2.14. The first-order valence-electron chi connectivity index (χ1n) is 5.34. The molecule has 0 atom stereocenters. The smallest absolute Gasteiger partial charge is 0.278 e. The van der Waals surface area contributed by atoms with Crippen LogP contribution in [0.5, 0.6) is 0 Å². The van der Waals surface area contributed by atoms with Gasteiger partial charge in [0.05, 0.1) is 5.69 Å². The van der Waals surface area contributed by atoms with E-state index in [9.17, 15) is 4.79 Å². The van der Waals surface area contributed by atoms with Gasteiger partial charge in [-0.15, -0.1) is 0 Å². The van der Waals surface area contributed by atoms with E-state index in [0.717, 1.165) is 15.7 Å². The molecule has 1 aromatic heterocycles. The molecule has 3 N–H and O–H groups in total. The highest BCUT2D eigenvalue weighted by molar-refractivity contribution is 9.10. The summed E-state index contributed by atoms with van der Waals surface area (Å²) in [5.41, 5.74) is 8.02. The Hall–Kier alpha value is -1.82. The summed E-state index contributed by atoms with van der Waals surface area (Å²) in [4.78, 5) is 12.0. The predicted octanol–water partition coefficient (Wildman–Crippen LogP) is 2.33. The Labute approximate surface area is 113 Å². The van der Waals surface area contributed by atoms with Gasteiger partial charge in [-0.05, 0) is 30.7 Å². The van der Waals surface area contributed by atoms with Crippen LogP contribution in [-0.4, -0.2) is 15.7 Å². The van der Waals surface area contributed by atoms with Gasteiger partial charge in [-0.25, -0.2) is 0 Å². The zero-order chi connectivity index (χ0) is 13.3. The van der Waals surface area contributed by atoms with Crippen molar-refractivity contribution in [1.29, 1.82) is 0 Å². The fourth-order valence-electron chi connectivity index (χ4n) is 1.63. The number of nitrogens with one attached hydrogen (secondary N) is 1. The first-order chi connectivity index (χ1) is 8.47. The molecular formula is C12H13BrN4O. The van der Waals surface area contributed by atoms with Gasteiger partial charge in [0.2, 0.25) is 0 Å². The van der Waals surface area contributed by atoms with Crippen molar-refractivity contribution in [3.63, 3.8) is 0 Å². The highest BCUT2D eigenvalue weighted by atomic mass is 79.9. The van der Waals surface area contributed by atoms with Gasteiger partial charge in [-0.2, -0.15) is 5.10 Å². The van der Waals surface area contributed by atoms with Crippen molar-refractivity contribution in [1.82, 2.24) is 9.78 Å². The molecule has 0 aliphatic rings. The molecule has 0 aliphatic heterocycles. The average molecular weight is 309 g/mol. The predicted molar refractivity (Wildman–Crippen MR) is 74.5 cm³/mol. The lowest BCUT2D eigenvalue weighted by molar-refractivity contribution is 0.102. The number of hydrogen-bond donors (Lipinski definition) is 2. The van der Waals surface area contributed by atoms with E-state index in [0.29, 0.717) is 5.69 Å². The zero-order valence-corrected chi connectivity index (χ0v) is 11.7. The summed E-state index contributed by atoms with van der Waals surface area (Å²) in [5, 5.41) is 6.82. The van der Waals surface area contributed by atoms with Crippen LogP contribution in [0.4, 0.5) is 11.4 Å². The maximum absolute atomic E-state index is 12.0. The second-order valence-electron chi connectivity index (χ2n) is 4.02. The van der Waals surface area contributed by atoms with E-state index >= 15 is 0 Å². The van der Waals surface area contributed by atoms with Gasteiger partial charge in [0, 0.05) is 23.4 Å². The van der Waals surface area contributed by atoms with Crippen LogP contribution < -0.4 is 11.1 Å². The minimum absolute atomic E-state index is 0.236. The summed E-state index contributed by atoms with van der Waals surface area (Å²) < 4.78 is 2.48. The molecule has 94 valence electrons. The van der Waals surface area contributed by atoms with Crippen LogP contribution in [0.25, 0.3) is 0 Å². The van der Waals surface area contributed by atoms with Gasteiger partial charge in [0.15, 0.2) is 5.69 Å². The number of halogens is 1. The third kappa shape index (κ3) is 2.53. The van der Waals surface area contributed by atoms with E-state index in [2.05, 4.69) is 26.3 Å². The van der Waals surface area contributed by atoms with Crippen molar-refractivity contribution >= 4 is 33.2 Å². The van der Waals surface area contributed by atoms with Gasteiger partial charge < -0.3 is 11.1 Å². The SMILES string of the molecule is Cc1cc(Br)ccc1NC(=O)c1nn(C)cc1N. The van der Waals surface area contributed by atoms with Crippen molar-refractivity contribution in [2.75, 3.05) is 11.1 Å². The second-order valence-corrected chi connectivity index (χ2v) is 4.94. The Bertz CT molecular complexity index is 606. The molecular weight excluding hydrogens is 296 g/mol. The molecule has 6 heteroatoms. The Morgan fingerprint density at radius 2 is 2.22 bits per heavy atom. The van der Waals surface area contributed by atoms with Crippen molar-refractivity contribution in [3.8, 4) is 0 Å². The number of aryl methyl sites for hydroxylation is 2. The number of aromatic nitrogens is 2. The molecule has 0 saturated heterocycles. The van der Waals surface area contributed by atoms with Gasteiger partial charge >= 0.3 is 0 Å². The Kier molecular flexibility index (Phi) is 3.38. The second kappa shape index (κ2) is 4.81. The van der Waals surface area contributed by atoms with Crippen LogP contribution in [0, 0.1) is 6.92 Å². The zero-order valence-electron chi connectivity index (χ0n) is 10.1. The normalized spacial score (nSPS) is 10.4. The molecule has 0 radical (unpaired) electrons. The number of rotatable bonds is 2. The number of hydrogen-bond acceptors (Lipinski definition) is 3. The molecule has 1 aromatic carbocycles. The number of nitrogen functional groups attached to an aromatic ring is 1. The minimum Gasteiger partial charge on any atom is -0.396 e. The van der Waals surface area contributed by atoms with E-state index in [1.165, 1.54) is 4.68 Å². The van der Waals surface area contributed by atoms with E-state index in [-0.39, 0.29) is 11.6 Å². The highest BCUT2D eigenvalue weighted by Crippen LogP contribution is 2.21. The Balaban J connectivity index is 2.24. The summed E-state index contributed by atoms with van der Waals surface area (Å²) in [6.45, 7) is 1.92. The van der Waals surface area contributed by atoms with E-state index < -0.39 is 0 Å². The van der Waals surface area contributed by atoms with Crippen molar-refractivity contribution in [2.24, 2.45) is 7.05 Å². The molecule has 0 saturated carbocycles. The fraction of sp³-hybridized carbons (Fsp3) is 0.167. The number of carbonyl (C=O) groups excluding carboxylic acids is 1. The largest absolute Gasteiger partial charge is 0.396 e. The van der Waals surface area contributed by atoms with Crippen LogP contribution >= 0.6 is 15.9 Å². The summed E-state index contributed by atoms with van der Waals surface area (Å²) in [5.74, 6) is -0.307. The van der Waals surface area contributed by atoms with E-state index in [4.69, 9.17) is 5.73 Å². The molecule has 2 aromatic rings. The van der Waals surface area contributed by atoms with Crippen molar-refractivity contribution in [3.05, 3.63) is 40.1 Å². The lowest BCUT2D eigenvalue weighted by Gasteiger charge is -2.07. The van der Waals surface area contributed by atoms with Gasteiger partial charge in [-0.3, -0.25) is 9.48 Å². The molecule has 0 unspecified atom stereocenters. The van der Waals surface area contributed by atoms with Gasteiger partial charge in [0.25, 0.3) is 5.91 Å². The van der Waals surface area contributed by atoms with Crippen molar-refractivity contribution < 1.29 is 4.79 Å². The van der Waals surface area contributed by atoms with Gasteiger partial charge in [0.1, 0.15) is 0 Å². The third-order valence-electron chi connectivity index (χ3n) is 2.51. The molecule has 0 fully saturated rings. The van der Waals surface area contributed by atoms with Crippen LogP contribution in [0.15, 0.2) is 28.9 Å². The molecule has 2 rings (SSSR count). The number of amides is 1. The molecule has 5 nitrogen and oxygen atoms in total. The molecule has 1 amide bonds. The molecule has 0 spiro atoms. The number of nitrogens with two attached hydrogens (primary N) is 1. The molecule has 1 heterocycles. The van der Waals surface area contributed by atoms with Crippen LogP contribution in [0.3, 0.4) is 0 Å². The first kappa shape index (κ1) is 12.6. The van der Waals surface area contributed by atoms with Crippen LogP contribution in [-0.2, 0) is 7.05 Å². The van der Waals surface area contributed by atoms with Crippen LogP contribution in [0.2, 0.25) is 0 Å². The van der Waals surface area contributed by atoms with Crippen LogP contribution in [0.1, 0.15) is 16.1 Å². The number of anilines is 2. The first-order valence-corrected chi connectivity index (χ1v) is 6.13. The monoisotopic (exact) mass is 308 g/mol. The quantitative estimate of drug-likeness (QED) is 0.894. The Morgan fingerprint density at radius 1 is 1.50 bits per heavy atom. The topological polar surface area (TPSA) is 72.9 Å². The fourth-order valence-corrected chi connectivity index (χ4v) is 2.11. The maximum atomic E-state index is 12.0. The minimum atomic E-state index is -0.307. The summed E-state index contributed by atoms with van der Waals surface area (Å²) >= 11 is 3.37. The number of benzene rings is 1. The summed E-state index contributed by atoms with van der Waals surface area (Å²) in [6, 6.07) is 5.62. The number of nitrogens with zero attached hydrogens (tertiary/aromatic N) is 2. The standard InChI is InChI=1S/C12H13BrN4O/c1-7-5-8(13)3-4-10(7)15-12(18)11-9(14)6-17(2)16-11/h3-6H,14H2,1-2H3,(H,15,18). The molecule has 0 aliphatic carbocycles. The number of carbonyl (C=O) groups is 1. The van der Waals surface area contributed by atoms with E-state index in [1.54, 1.807) is 13.2 Å². The lowest BCUT2D eigenvalue weighted by atomic mass is 10.2. The van der Waals surface area contributed by atoms with Gasteiger partial charge in [-0.1, -0.05) is 15.9 Å². The average Bonchev–Trinajstić information content (AvgIpc) is 2.62. The molecule has 18 heavy (non-hydrogen) atoms. The lowest BCUT2D eigenvalue weighted by Crippen LogP contribution is -2.15. The third-order valence-corrected chi connectivity index (χ3v) is 3.00. The maximum Gasteiger partial charge on any atom is 0.278 e. The summed E-state index contributed by atoms with van der Waals surface area (Å²) in [7, 11) is 1.72. The Morgan fingerprint density at radius 3 is 2.78 bits per heavy atom. The molecule has 0 bridgehead atoms.